The first-order valence-corrected chi connectivity index (χ1v) is 15.0. The lowest BCUT2D eigenvalue weighted by atomic mass is 9.44. The molecule has 3 fully saturated rings. The molecule has 3 heteroatoms. The van der Waals surface area contributed by atoms with Crippen LogP contribution in [0.2, 0.25) is 0 Å². The topological polar surface area (TPSA) is 35.5 Å². The lowest BCUT2D eigenvalue weighted by molar-refractivity contribution is -0.197. The van der Waals surface area contributed by atoms with Crippen LogP contribution in [0.3, 0.4) is 0 Å². The maximum atomic E-state index is 12.7. The van der Waals surface area contributed by atoms with Crippen molar-refractivity contribution in [1.29, 1.82) is 0 Å². The van der Waals surface area contributed by atoms with Crippen LogP contribution >= 0.6 is 0 Å². The first kappa shape index (κ1) is 31.5. The second-order valence-electron chi connectivity index (χ2n) is 11.4. The zero-order valence-corrected chi connectivity index (χ0v) is 24.8. The van der Waals surface area contributed by atoms with E-state index in [2.05, 4.69) is 41.5 Å². The van der Waals surface area contributed by atoms with Crippen LogP contribution < -0.4 is 0 Å². The first-order valence-electron chi connectivity index (χ1n) is 15.0. The summed E-state index contributed by atoms with van der Waals surface area (Å²) >= 11 is 0. The van der Waals surface area contributed by atoms with E-state index >= 15 is 0 Å². The highest BCUT2D eigenvalue weighted by Crippen LogP contribution is 2.63. The SMILES string of the molecule is CC.CC.CCC(C)CCC1(C2CCCCC2C)[C@@H](C)C[C@@H]2[C@@H](CO[C@H](C)[C@@H]2C(=O)OC)[C@@H]1C. The smallest absolute Gasteiger partial charge is 0.311 e. The highest BCUT2D eigenvalue weighted by Gasteiger charge is 2.59. The Bertz CT molecular complexity index is 575. The van der Waals surface area contributed by atoms with Crippen LogP contribution in [-0.2, 0) is 14.3 Å². The van der Waals surface area contributed by atoms with Gasteiger partial charge in [0.1, 0.15) is 0 Å². The van der Waals surface area contributed by atoms with E-state index in [0.717, 1.165) is 30.8 Å². The van der Waals surface area contributed by atoms with E-state index in [1.807, 2.05) is 27.7 Å². The third kappa shape index (κ3) is 6.40. The van der Waals surface area contributed by atoms with Gasteiger partial charge >= 0.3 is 5.97 Å². The number of hydrogen-bond donors (Lipinski definition) is 0. The van der Waals surface area contributed by atoms with E-state index in [1.54, 1.807) is 0 Å². The minimum absolute atomic E-state index is 0.0284. The van der Waals surface area contributed by atoms with Crippen LogP contribution in [-0.4, -0.2) is 25.8 Å². The molecule has 4 unspecified atom stereocenters. The molecule has 202 valence electrons. The van der Waals surface area contributed by atoms with Crippen LogP contribution in [0.15, 0.2) is 0 Å². The highest BCUT2D eigenvalue weighted by atomic mass is 16.5. The molecule has 0 aromatic heterocycles. The van der Waals surface area contributed by atoms with Gasteiger partial charge in [0.25, 0.3) is 0 Å². The molecule has 2 aliphatic carbocycles. The van der Waals surface area contributed by atoms with Crippen molar-refractivity contribution >= 4 is 5.97 Å². The Balaban J connectivity index is 0.00000137. The minimum atomic E-state index is -0.102. The van der Waals surface area contributed by atoms with E-state index in [0.29, 0.717) is 29.1 Å². The van der Waals surface area contributed by atoms with Gasteiger partial charge in [0.15, 0.2) is 0 Å². The van der Waals surface area contributed by atoms with Crippen molar-refractivity contribution in [3.05, 3.63) is 0 Å². The van der Waals surface area contributed by atoms with Gasteiger partial charge in [0, 0.05) is 0 Å². The summed E-state index contributed by atoms with van der Waals surface area (Å²) < 4.78 is 11.5. The van der Waals surface area contributed by atoms with Gasteiger partial charge in [-0.15, -0.1) is 0 Å². The number of hydrogen-bond acceptors (Lipinski definition) is 3. The van der Waals surface area contributed by atoms with Crippen molar-refractivity contribution in [2.75, 3.05) is 13.7 Å². The largest absolute Gasteiger partial charge is 0.469 e. The number of carbonyl (C=O) groups excluding carboxylic acids is 1. The van der Waals surface area contributed by atoms with Crippen LogP contribution in [0.4, 0.5) is 0 Å². The molecule has 3 nitrogen and oxygen atoms in total. The second kappa shape index (κ2) is 14.9. The molecule has 0 spiro atoms. The van der Waals surface area contributed by atoms with Crippen molar-refractivity contribution in [1.82, 2.24) is 0 Å². The van der Waals surface area contributed by atoms with E-state index in [4.69, 9.17) is 9.47 Å². The standard InChI is InChI=1S/C27H48O3.2C2H6/c1-8-17(2)13-14-27(24-12-10-9-11-18(24)3)19(4)15-22-23(20(27)5)16-30-21(6)25(22)26(28)29-7;2*1-2/h17-25H,8-16H2,1-7H3;2*1-2H3/t17?,18?,19-,20-,21+,22+,23-,24?,25-,27?;;/m0../s1. The third-order valence-corrected chi connectivity index (χ3v) is 10.1. The maximum absolute atomic E-state index is 12.7. The average molecular weight is 481 g/mol. The quantitative estimate of drug-likeness (QED) is 0.356. The molecule has 1 heterocycles. The molecule has 10 atom stereocenters. The Morgan fingerprint density at radius 1 is 1.03 bits per heavy atom. The average Bonchev–Trinajstić information content (AvgIpc) is 2.86. The van der Waals surface area contributed by atoms with Gasteiger partial charge in [-0.2, -0.15) is 0 Å². The number of carbonyl (C=O) groups is 1. The van der Waals surface area contributed by atoms with Gasteiger partial charge in [-0.05, 0) is 73.0 Å². The van der Waals surface area contributed by atoms with Gasteiger partial charge < -0.3 is 9.47 Å². The molecule has 0 aromatic carbocycles. The number of esters is 1. The third-order valence-electron chi connectivity index (χ3n) is 10.1. The van der Waals surface area contributed by atoms with E-state index in [-0.39, 0.29) is 18.0 Å². The van der Waals surface area contributed by atoms with E-state index in [9.17, 15) is 4.79 Å². The second-order valence-corrected chi connectivity index (χ2v) is 11.4. The summed E-state index contributed by atoms with van der Waals surface area (Å²) in [5, 5.41) is 0. The van der Waals surface area contributed by atoms with Gasteiger partial charge in [-0.1, -0.05) is 94.4 Å². The zero-order chi connectivity index (χ0) is 26.1. The minimum Gasteiger partial charge on any atom is -0.469 e. The van der Waals surface area contributed by atoms with Crippen LogP contribution in [0, 0.1) is 52.8 Å². The van der Waals surface area contributed by atoms with E-state index < -0.39 is 0 Å². The molecule has 0 aromatic rings. The normalized spacial score (nSPS) is 40.4. The number of rotatable bonds is 6. The molecule has 0 N–H and O–H groups in total. The summed E-state index contributed by atoms with van der Waals surface area (Å²) in [4.78, 5) is 12.7. The molecule has 34 heavy (non-hydrogen) atoms. The lowest BCUT2D eigenvalue weighted by Crippen LogP contribution is -2.59. The fraction of sp³-hybridized carbons (Fsp3) is 0.968. The van der Waals surface area contributed by atoms with Crippen molar-refractivity contribution in [3.63, 3.8) is 0 Å². The van der Waals surface area contributed by atoms with Crippen LogP contribution in [0.1, 0.15) is 121 Å². The molecular weight excluding hydrogens is 420 g/mol. The van der Waals surface area contributed by atoms with Gasteiger partial charge in [-0.25, -0.2) is 0 Å². The van der Waals surface area contributed by atoms with Crippen molar-refractivity contribution in [3.8, 4) is 0 Å². The van der Waals surface area contributed by atoms with Crippen molar-refractivity contribution in [2.24, 2.45) is 52.8 Å². The Morgan fingerprint density at radius 3 is 2.21 bits per heavy atom. The monoisotopic (exact) mass is 480 g/mol. The van der Waals surface area contributed by atoms with Gasteiger partial charge in [0.2, 0.25) is 0 Å². The summed E-state index contributed by atoms with van der Waals surface area (Å²) in [5.74, 6) is 4.40. The van der Waals surface area contributed by atoms with Gasteiger partial charge in [-0.3, -0.25) is 4.79 Å². The Kier molecular flexibility index (Phi) is 13.8. The van der Waals surface area contributed by atoms with Gasteiger partial charge in [0.05, 0.1) is 25.7 Å². The van der Waals surface area contributed by atoms with Crippen molar-refractivity contribution < 1.29 is 14.3 Å². The van der Waals surface area contributed by atoms with Crippen LogP contribution in [0.25, 0.3) is 0 Å². The van der Waals surface area contributed by atoms with Crippen LogP contribution in [0.5, 0.6) is 0 Å². The Morgan fingerprint density at radius 2 is 1.65 bits per heavy atom. The molecule has 2 saturated carbocycles. The summed E-state index contributed by atoms with van der Waals surface area (Å²) in [6, 6.07) is 0. The molecule has 0 amide bonds. The number of methoxy groups -OCH3 is 1. The summed E-state index contributed by atoms with van der Waals surface area (Å²) in [7, 11) is 1.54. The predicted molar refractivity (Wildman–Crippen MR) is 146 cm³/mol. The highest BCUT2D eigenvalue weighted by molar-refractivity contribution is 5.73. The predicted octanol–water partition coefficient (Wildman–Crippen LogP) is 8.79. The van der Waals surface area contributed by atoms with E-state index in [1.165, 1.54) is 52.1 Å². The Hall–Kier alpha value is -0.570. The molecule has 3 rings (SSSR count). The molecule has 0 radical (unpaired) electrons. The zero-order valence-electron chi connectivity index (χ0n) is 24.8. The van der Waals surface area contributed by atoms with Crippen molar-refractivity contribution in [2.45, 2.75) is 127 Å². The molecule has 3 aliphatic rings. The number of fused-ring (bicyclic) bond motifs is 1. The number of ether oxygens (including phenoxy) is 2. The fourth-order valence-corrected chi connectivity index (χ4v) is 8.10. The maximum Gasteiger partial charge on any atom is 0.311 e. The molecular formula is C31H60O3. The first-order chi connectivity index (χ1) is 16.3. The fourth-order valence-electron chi connectivity index (χ4n) is 8.10. The Labute approximate surface area is 213 Å². The summed E-state index contributed by atoms with van der Waals surface area (Å²) in [6.45, 7) is 23.2. The molecule has 1 saturated heterocycles. The molecule has 1 aliphatic heterocycles. The summed E-state index contributed by atoms with van der Waals surface area (Å²) in [6.07, 6.45) is 10.7. The summed E-state index contributed by atoms with van der Waals surface area (Å²) in [5.41, 5.74) is 0.384. The molecule has 0 bridgehead atoms. The lowest BCUT2D eigenvalue weighted by Gasteiger charge is -2.62.